The molecule has 1 rings (SSSR count). The van der Waals surface area contributed by atoms with Crippen molar-refractivity contribution in [3.8, 4) is 5.75 Å². The monoisotopic (exact) mass is 264 g/mol. The van der Waals surface area contributed by atoms with Gasteiger partial charge in [0.1, 0.15) is 5.75 Å². The molecule has 0 fully saturated rings. The Hall–Kier alpha value is -1.22. The SMILES string of the molecule is CCC(CNC)CNc1ccc(OC)c(C(C)C)c1. The van der Waals surface area contributed by atoms with Crippen LogP contribution >= 0.6 is 0 Å². The second-order valence-corrected chi connectivity index (χ2v) is 5.32. The molecule has 2 N–H and O–H groups in total. The first-order valence-corrected chi connectivity index (χ1v) is 7.18. The van der Waals surface area contributed by atoms with Crippen molar-refractivity contribution in [2.45, 2.75) is 33.1 Å². The van der Waals surface area contributed by atoms with Crippen LogP contribution in [0.25, 0.3) is 0 Å². The molecule has 0 amide bonds. The van der Waals surface area contributed by atoms with E-state index in [1.54, 1.807) is 7.11 Å². The van der Waals surface area contributed by atoms with Crippen LogP contribution in [0.1, 0.15) is 38.7 Å². The van der Waals surface area contributed by atoms with Crippen molar-refractivity contribution in [1.82, 2.24) is 5.32 Å². The maximum absolute atomic E-state index is 5.41. The molecule has 3 nitrogen and oxygen atoms in total. The number of hydrogen-bond acceptors (Lipinski definition) is 3. The molecule has 0 spiro atoms. The summed E-state index contributed by atoms with van der Waals surface area (Å²) in [4.78, 5) is 0. The normalized spacial score (nSPS) is 12.5. The van der Waals surface area contributed by atoms with Gasteiger partial charge in [0.2, 0.25) is 0 Å². The van der Waals surface area contributed by atoms with Crippen LogP contribution in [0.5, 0.6) is 5.75 Å². The van der Waals surface area contributed by atoms with E-state index >= 15 is 0 Å². The Labute approximate surface area is 117 Å². The predicted molar refractivity (Wildman–Crippen MR) is 83.3 cm³/mol. The summed E-state index contributed by atoms with van der Waals surface area (Å²) in [7, 11) is 3.74. The van der Waals surface area contributed by atoms with Gasteiger partial charge in [-0.15, -0.1) is 0 Å². The summed E-state index contributed by atoms with van der Waals surface area (Å²) in [6, 6.07) is 6.35. The predicted octanol–water partition coefficient (Wildman–Crippen LogP) is 3.48. The van der Waals surface area contributed by atoms with Gasteiger partial charge in [-0.05, 0) is 49.2 Å². The van der Waals surface area contributed by atoms with Crippen LogP contribution in [0.2, 0.25) is 0 Å². The number of methoxy groups -OCH3 is 1. The molecule has 19 heavy (non-hydrogen) atoms. The number of benzene rings is 1. The van der Waals surface area contributed by atoms with Crippen LogP contribution in [0.3, 0.4) is 0 Å². The number of rotatable bonds is 8. The van der Waals surface area contributed by atoms with E-state index in [9.17, 15) is 0 Å². The lowest BCUT2D eigenvalue weighted by Crippen LogP contribution is -2.24. The van der Waals surface area contributed by atoms with Crippen molar-refractivity contribution in [3.63, 3.8) is 0 Å². The van der Waals surface area contributed by atoms with Crippen LogP contribution in [0.4, 0.5) is 5.69 Å². The smallest absolute Gasteiger partial charge is 0.122 e. The van der Waals surface area contributed by atoms with Gasteiger partial charge >= 0.3 is 0 Å². The molecule has 0 saturated carbocycles. The minimum absolute atomic E-state index is 0.469. The van der Waals surface area contributed by atoms with Crippen LogP contribution in [0, 0.1) is 5.92 Å². The second kappa shape index (κ2) is 8.05. The molecule has 1 aromatic carbocycles. The van der Waals surface area contributed by atoms with Crippen molar-refractivity contribution in [2.24, 2.45) is 5.92 Å². The number of anilines is 1. The van der Waals surface area contributed by atoms with Crippen molar-refractivity contribution < 1.29 is 4.74 Å². The van der Waals surface area contributed by atoms with Gasteiger partial charge in [-0.1, -0.05) is 27.2 Å². The first-order chi connectivity index (χ1) is 9.12. The highest BCUT2D eigenvalue weighted by Gasteiger charge is 2.09. The lowest BCUT2D eigenvalue weighted by molar-refractivity contribution is 0.407. The molecule has 1 atom stereocenters. The molecule has 3 heteroatoms. The third kappa shape index (κ3) is 4.75. The van der Waals surface area contributed by atoms with E-state index in [4.69, 9.17) is 4.74 Å². The molecule has 0 aliphatic rings. The molecule has 0 radical (unpaired) electrons. The number of hydrogen-bond donors (Lipinski definition) is 2. The summed E-state index contributed by atoms with van der Waals surface area (Å²) >= 11 is 0. The van der Waals surface area contributed by atoms with Gasteiger partial charge in [0.25, 0.3) is 0 Å². The maximum Gasteiger partial charge on any atom is 0.122 e. The molecule has 108 valence electrons. The van der Waals surface area contributed by atoms with E-state index in [2.05, 4.69) is 49.6 Å². The molecule has 0 aliphatic carbocycles. The van der Waals surface area contributed by atoms with Crippen molar-refractivity contribution in [1.29, 1.82) is 0 Å². The van der Waals surface area contributed by atoms with Crippen molar-refractivity contribution in [2.75, 3.05) is 32.6 Å². The first-order valence-electron chi connectivity index (χ1n) is 7.18. The lowest BCUT2D eigenvalue weighted by Gasteiger charge is -2.18. The Balaban J connectivity index is 2.71. The number of ether oxygens (including phenoxy) is 1. The van der Waals surface area contributed by atoms with E-state index in [0.29, 0.717) is 11.8 Å². The van der Waals surface area contributed by atoms with Gasteiger partial charge in [0.05, 0.1) is 7.11 Å². The summed E-state index contributed by atoms with van der Waals surface area (Å²) < 4.78 is 5.41. The Kier molecular flexibility index (Phi) is 6.71. The van der Waals surface area contributed by atoms with Gasteiger partial charge in [0.15, 0.2) is 0 Å². The summed E-state index contributed by atoms with van der Waals surface area (Å²) in [6.07, 6.45) is 1.18. The van der Waals surface area contributed by atoms with E-state index in [1.807, 2.05) is 7.05 Å². The van der Waals surface area contributed by atoms with Gasteiger partial charge in [-0.3, -0.25) is 0 Å². The van der Waals surface area contributed by atoms with E-state index in [-0.39, 0.29) is 0 Å². The zero-order chi connectivity index (χ0) is 14.3. The standard InChI is InChI=1S/C16H28N2O/c1-6-13(10-17-4)11-18-14-7-8-16(19-5)15(9-14)12(2)3/h7-9,12-13,17-18H,6,10-11H2,1-5H3. The quantitative estimate of drug-likeness (QED) is 0.754. The summed E-state index contributed by atoms with van der Waals surface area (Å²) in [5.74, 6) is 2.10. The van der Waals surface area contributed by atoms with E-state index in [1.165, 1.54) is 17.7 Å². The Morgan fingerprint density at radius 2 is 1.95 bits per heavy atom. The molecule has 0 saturated heterocycles. The van der Waals surface area contributed by atoms with Gasteiger partial charge in [-0.25, -0.2) is 0 Å². The molecule has 0 aliphatic heterocycles. The summed E-state index contributed by atoms with van der Waals surface area (Å²) in [5, 5.41) is 6.77. The summed E-state index contributed by atoms with van der Waals surface area (Å²) in [6.45, 7) is 8.67. The largest absolute Gasteiger partial charge is 0.496 e. The Morgan fingerprint density at radius 1 is 1.21 bits per heavy atom. The lowest BCUT2D eigenvalue weighted by atomic mass is 10.0. The van der Waals surface area contributed by atoms with E-state index in [0.717, 1.165) is 18.8 Å². The fourth-order valence-corrected chi connectivity index (χ4v) is 2.21. The highest BCUT2D eigenvalue weighted by Crippen LogP contribution is 2.29. The van der Waals surface area contributed by atoms with Gasteiger partial charge in [0, 0.05) is 12.2 Å². The van der Waals surface area contributed by atoms with E-state index < -0.39 is 0 Å². The van der Waals surface area contributed by atoms with Crippen LogP contribution in [-0.4, -0.2) is 27.2 Å². The Morgan fingerprint density at radius 3 is 2.47 bits per heavy atom. The topological polar surface area (TPSA) is 33.3 Å². The zero-order valence-electron chi connectivity index (χ0n) is 12.9. The fraction of sp³-hybridized carbons (Fsp3) is 0.625. The van der Waals surface area contributed by atoms with Crippen LogP contribution < -0.4 is 15.4 Å². The van der Waals surface area contributed by atoms with Crippen molar-refractivity contribution >= 4 is 5.69 Å². The molecule has 1 aromatic rings. The third-order valence-electron chi connectivity index (χ3n) is 3.52. The van der Waals surface area contributed by atoms with Crippen LogP contribution in [0.15, 0.2) is 18.2 Å². The molecule has 0 aromatic heterocycles. The average molecular weight is 264 g/mol. The zero-order valence-corrected chi connectivity index (χ0v) is 12.9. The first kappa shape index (κ1) is 15.8. The number of nitrogens with one attached hydrogen (secondary N) is 2. The fourth-order valence-electron chi connectivity index (χ4n) is 2.21. The minimum Gasteiger partial charge on any atom is -0.496 e. The Bertz CT molecular complexity index is 377. The molecule has 0 bridgehead atoms. The van der Waals surface area contributed by atoms with Crippen molar-refractivity contribution in [3.05, 3.63) is 23.8 Å². The van der Waals surface area contributed by atoms with Gasteiger partial charge in [-0.2, -0.15) is 0 Å². The third-order valence-corrected chi connectivity index (χ3v) is 3.52. The molecule has 0 heterocycles. The highest BCUT2D eigenvalue weighted by atomic mass is 16.5. The minimum atomic E-state index is 0.469. The molecule has 1 unspecified atom stereocenters. The maximum atomic E-state index is 5.41. The average Bonchev–Trinajstić information content (AvgIpc) is 2.43. The second-order valence-electron chi connectivity index (χ2n) is 5.32. The summed E-state index contributed by atoms with van der Waals surface area (Å²) in [5.41, 5.74) is 2.44. The van der Waals surface area contributed by atoms with Gasteiger partial charge < -0.3 is 15.4 Å². The van der Waals surface area contributed by atoms with Crippen LogP contribution in [-0.2, 0) is 0 Å². The molecular weight excluding hydrogens is 236 g/mol. The molecular formula is C16H28N2O. The highest BCUT2D eigenvalue weighted by molar-refractivity contribution is 5.52.